The molecule has 3 aliphatic rings. The molecule has 1 saturated carbocycles. The highest BCUT2D eigenvalue weighted by molar-refractivity contribution is 5.05. The first-order valence-corrected chi connectivity index (χ1v) is 10.8. The minimum Gasteiger partial charge on any atom is -0.394 e. The van der Waals surface area contributed by atoms with Crippen molar-refractivity contribution in [3.63, 3.8) is 0 Å². The highest BCUT2D eigenvalue weighted by Crippen LogP contribution is 2.40. The summed E-state index contributed by atoms with van der Waals surface area (Å²) in [4.78, 5) is 0. The Labute approximate surface area is 189 Å². The monoisotopic (exact) mass is 487 g/mol. The summed E-state index contributed by atoms with van der Waals surface area (Å²) in [6, 6.07) is -4.74. The number of aliphatic hydroxyl groups excluding tert-OH is 4. The van der Waals surface area contributed by atoms with Crippen molar-refractivity contribution in [2.45, 2.75) is 98.2 Å². The number of rotatable bonds is 6. The molecule has 0 spiro atoms. The van der Waals surface area contributed by atoms with Gasteiger partial charge in [-0.05, 0) is 12.8 Å². The van der Waals surface area contributed by atoms with Gasteiger partial charge in [0.1, 0.15) is 30.5 Å². The molecule has 0 radical (unpaired) electrons. The number of halogens is 2. The van der Waals surface area contributed by atoms with E-state index in [1.54, 1.807) is 0 Å². The predicted octanol–water partition coefficient (Wildman–Crippen LogP) is -5.02. The molecule has 0 aromatic heterocycles. The van der Waals surface area contributed by atoms with Crippen molar-refractivity contribution in [3.05, 3.63) is 0 Å². The first-order chi connectivity index (χ1) is 15.4. The van der Waals surface area contributed by atoms with Gasteiger partial charge >= 0.3 is 5.92 Å². The van der Waals surface area contributed by atoms with Gasteiger partial charge < -0.3 is 68.0 Å². The lowest BCUT2D eigenvalue weighted by Gasteiger charge is -2.49. The molecule has 15 heteroatoms. The van der Waals surface area contributed by atoms with Crippen molar-refractivity contribution in [3.8, 4) is 0 Å². The van der Waals surface area contributed by atoms with Crippen molar-refractivity contribution in [2.75, 3.05) is 13.2 Å². The van der Waals surface area contributed by atoms with E-state index in [1.165, 1.54) is 0 Å². The zero-order chi connectivity index (χ0) is 24.7. The fraction of sp³-hybridized carbons (Fsp3) is 1.00. The van der Waals surface area contributed by atoms with Gasteiger partial charge in [0.25, 0.3) is 0 Å². The van der Waals surface area contributed by atoms with Crippen molar-refractivity contribution in [2.24, 2.45) is 28.7 Å². The average molecular weight is 488 g/mol. The second-order valence-electron chi connectivity index (χ2n) is 8.88. The molecule has 0 amide bonds. The fourth-order valence-electron chi connectivity index (χ4n) is 4.45. The molecule has 3 rings (SSSR count). The summed E-state index contributed by atoms with van der Waals surface area (Å²) in [7, 11) is 0. The van der Waals surface area contributed by atoms with Gasteiger partial charge in [-0.25, -0.2) is 8.78 Å². The van der Waals surface area contributed by atoms with Crippen molar-refractivity contribution < 1.29 is 48.2 Å². The summed E-state index contributed by atoms with van der Waals surface area (Å²) in [5, 5.41) is 39.5. The molecule has 2 aliphatic heterocycles. The van der Waals surface area contributed by atoms with Crippen LogP contribution < -0.4 is 28.7 Å². The van der Waals surface area contributed by atoms with Crippen LogP contribution in [0.4, 0.5) is 8.78 Å². The van der Waals surface area contributed by atoms with Crippen LogP contribution in [-0.4, -0.2) is 119 Å². The van der Waals surface area contributed by atoms with E-state index < -0.39 is 92.0 Å². The van der Waals surface area contributed by atoms with E-state index in [4.69, 9.17) is 47.6 Å². The number of ether oxygens (including phenoxy) is 4. The SMILES string of the molecule is NC[C@H]1O[C@H](O[C@@H]2[C@@H](N)C[C@@H](N)[C@H](O[C@H]3O[C@H](CO)[C@@H](O)[C@H](N)[C@H]3O)C2(F)F)[C@H](N)C[C@@H]1O. The molecule has 2 saturated heterocycles. The van der Waals surface area contributed by atoms with Crippen LogP contribution in [0.1, 0.15) is 12.8 Å². The smallest absolute Gasteiger partial charge is 0.302 e. The molecule has 0 aromatic carbocycles. The van der Waals surface area contributed by atoms with E-state index >= 15 is 8.78 Å². The van der Waals surface area contributed by atoms with Crippen LogP contribution in [-0.2, 0) is 18.9 Å². The minimum absolute atomic E-state index is 0.0182. The molecule has 194 valence electrons. The number of alkyl halides is 2. The van der Waals surface area contributed by atoms with E-state index in [1.807, 2.05) is 0 Å². The Balaban J connectivity index is 1.77. The van der Waals surface area contributed by atoms with Crippen LogP contribution in [0.5, 0.6) is 0 Å². The largest absolute Gasteiger partial charge is 0.394 e. The molecule has 13 atom stereocenters. The summed E-state index contributed by atoms with van der Waals surface area (Å²) >= 11 is 0. The summed E-state index contributed by atoms with van der Waals surface area (Å²) in [5.41, 5.74) is 29.0. The Hall–Kier alpha value is -0.660. The molecule has 1 aliphatic carbocycles. The van der Waals surface area contributed by atoms with Crippen molar-refractivity contribution in [1.82, 2.24) is 0 Å². The Morgan fingerprint density at radius 1 is 0.818 bits per heavy atom. The molecular weight excluding hydrogens is 452 g/mol. The van der Waals surface area contributed by atoms with Crippen LogP contribution in [0.3, 0.4) is 0 Å². The highest BCUT2D eigenvalue weighted by atomic mass is 19.3. The summed E-state index contributed by atoms with van der Waals surface area (Å²) < 4.78 is 52.7. The van der Waals surface area contributed by atoms with Gasteiger partial charge in [-0.1, -0.05) is 0 Å². The zero-order valence-corrected chi connectivity index (χ0v) is 17.9. The summed E-state index contributed by atoms with van der Waals surface area (Å²) in [6.07, 6.45) is -13.3. The third kappa shape index (κ3) is 5.30. The molecule has 33 heavy (non-hydrogen) atoms. The third-order valence-corrected chi connectivity index (χ3v) is 6.41. The predicted molar refractivity (Wildman–Crippen MR) is 107 cm³/mol. The summed E-state index contributed by atoms with van der Waals surface area (Å²) in [6.45, 7) is -0.761. The Morgan fingerprint density at radius 3 is 1.91 bits per heavy atom. The van der Waals surface area contributed by atoms with Gasteiger partial charge in [0.15, 0.2) is 12.6 Å². The molecule has 0 aromatic rings. The van der Waals surface area contributed by atoms with Crippen molar-refractivity contribution >= 4 is 0 Å². The molecule has 0 bridgehead atoms. The van der Waals surface area contributed by atoms with Crippen LogP contribution in [0, 0.1) is 0 Å². The Kier molecular flexibility index (Phi) is 8.60. The van der Waals surface area contributed by atoms with Gasteiger partial charge in [-0.2, -0.15) is 0 Å². The average Bonchev–Trinajstić information content (AvgIpc) is 2.75. The van der Waals surface area contributed by atoms with E-state index in [0.29, 0.717) is 0 Å². The number of hydrogen-bond acceptors (Lipinski definition) is 13. The quantitative estimate of drug-likeness (QED) is 0.170. The zero-order valence-electron chi connectivity index (χ0n) is 17.9. The van der Waals surface area contributed by atoms with Crippen molar-refractivity contribution in [1.29, 1.82) is 0 Å². The van der Waals surface area contributed by atoms with Gasteiger partial charge in [0.2, 0.25) is 0 Å². The van der Waals surface area contributed by atoms with E-state index in [-0.39, 0.29) is 19.4 Å². The Bertz CT molecular complexity index is 655. The Morgan fingerprint density at radius 2 is 1.36 bits per heavy atom. The first kappa shape index (κ1) is 26.9. The van der Waals surface area contributed by atoms with E-state index in [9.17, 15) is 20.4 Å². The van der Waals surface area contributed by atoms with Gasteiger partial charge in [0.05, 0.1) is 30.9 Å². The maximum atomic E-state index is 15.6. The second kappa shape index (κ2) is 10.5. The second-order valence-corrected chi connectivity index (χ2v) is 8.88. The number of aliphatic hydroxyl groups is 4. The lowest BCUT2D eigenvalue weighted by Crippen LogP contribution is -2.70. The molecule has 2 heterocycles. The number of nitrogens with two attached hydrogens (primary N) is 5. The first-order valence-electron chi connectivity index (χ1n) is 10.8. The maximum Gasteiger partial charge on any atom is 0.302 e. The third-order valence-electron chi connectivity index (χ3n) is 6.41. The highest BCUT2D eigenvalue weighted by Gasteiger charge is 2.60. The van der Waals surface area contributed by atoms with Gasteiger partial charge in [0, 0.05) is 18.6 Å². The molecule has 0 unspecified atom stereocenters. The number of hydrogen-bond donors (Lipinski definition) is 9. The standard InChI is InChI=1S/C18H35F2N5O8/c19-18(20)14(32-16-7(24)2-8(27)9(3-21)30-16)5(22)1-6(23)15(18)33-17-13(29)11(25)12(28)10(4-26)31-17/h5-17,26-29H,1-4,21-25H2/t5-,6+,7+,8-,9+,10+,11-,12+,13+,14+,15-,16+,17+/m0/s1. The van der Waals surface area contributed by atoms with Crippen LogP contribution in [0.15, 0.2) is 0 Å². The summed E-state index contributed by atoms with van der Waals surface area (Å²) in [5.74, 6) is -3.80. The van der Waals surface area contributed by atoms with E-state index in [0.717, 1.165) is 0 Å². The normalized spacial score (nSPS) is 50.8. The van der Waals surface area contributed by atoms with Gasteiger partial charge in [-0.15, -0.1) is 0 Å². The lowest BCUT2D eigenvalue weighted by molar-refractivity contribution is -0.343. The van der Waals surface area contributed by atoms with Crippen LogP contribution >= 0.6 is 0 Å². The van der Waals surface area contributed by atoms with E-state index in [2.05, 4.69) is 0 Å². The van der Waals surface area contributed by atoms with Crippen LogP contribution in [0.2, 0.25) is 0 Å². The van der Waals surface area contributed by atoms with Crippen LogP contribution in [0.25, 0.3) is 0 Å². The lowest BCUT2D eigenvalue weighted by atomic mass is 9.83. The molecule has 3 fully saturated rings. The minimum atomic E-state index is -3.80. The van der Waals surface area contributed by atoms with Gasteiger partial charge in [-0.3, -0.25) is 0 Å². The molecule has 14 N–H and O–H groups in total. The molecular formula is C18H35F2N5O8. The molecule has 13 nitrogen and oxygen atoms in total. The fourth-order valence-corrected chi connectivity index (χ4v) is 4.45. The maximum absolute atomic E-state index is 15.6. The topological polar surface area (TPSA) is 248 Å².